The zero-order valence-corrected chi connectivity index (χ0v) is 18.0. The van der Waals surface area contributed by atoms with Gasteiger partial charge in [0.2, 0.25) is 9.84 Å². The molecule has 2 aliphatic heterocycles. The quantitative estimate of drug-likeness (QED) is 0.659. The highest BCUT2D eigenvalue weighted by molar-refractivity contribution is 9.10. The smallest absolute Gasteiger partial charge is 0.267 e. The molecule has 0 atom stereocenters. The van der Waals surface area contributed by atoms with Gasteiger partial charge in [0.25, 0.3) is 5.91 Å². The van der Waals surface area contributed by atoms with Gasteiger partial charge in [-0.25, -0.2) is 8.42 Å². The number of hydrogen-bond donors (Lipinski definition) is 0. The van der Waals surface area contributed by atoms with E-state index in [4.69, 9.17) is 0 Å². The van der Waals surface area contributed by atoms with Crippen LogP contribution in [-0.4, -0.2) is 32.3 Å². The third-order valence-corrected chi connectivity index (χ3v) is 7.90. The number of benzene rings is 2. The molecular formula is C21H21BrN2O3S. The van der Waals surface area contributed by atoms with Gasteiger partial charge in [-0.05, 0) is 62.1 Å². The first-order valence-corrected chi connectivity index (χ1v) is 11.6. The summed E-state index contributed by atoms with van der Waals surface area (Å²) in [5, 5.41) is 0. The van der Waals surface area contributed by atoms with Gasteiger partial charge in [-0.1, -0.05) is 28.1 Å². The Morgan fingerprint density at radius 3 is 2.46 bits per heavy atom. The number of hydrogen-bond acceptors (Lipinski definition) is 4. The molecule has 0 bridgehead atoms. The molecule has 0 radical (unpaired) electrons. The highest BCUT2D eigenvalue weighted by atomic mass is 79.9. The van der Waals surface area contributed by atoms with Crippen LogP contribution in [0.4, 0.5) is 11.4 Å². The highest BCUT2D eigenvalue weighted by Crippen LogP contribution is 2.40. The zero-order chi connectivity index (χ0) is 19.9. The first-order valence-electron chi connectivity index (χ1n) is 9.30. The fourth-order valence-electron chi connectivity index (χ4n) is 3.67. The van der Waals surface area contributed by atoms with Gasteiger partial charge in [-0.2, -0.15) is 0 Å². The van der Waals surface area contributed by atoms with Crippen molar-refractivity contribution in [3.05, 3.63) is 63.6 Å². The van der Waals surface area contributed by atoms with Crippen molar-refractivity contribution in [2.75, 3.05) is 18.0 Å². The standard InChI is InChI=1S/C21H21BrN2O3S/c1-15-13-16(9-10-17(15)22)24-14-20(21(25)23-11-5-2-6-12-23)28(26,27)19-8-4-3-7-18(19)24/h3-4,7-10,13-14H,2,5-6,11-12H2,1H3. The van der Waals surface area contributed by atoms with Crippen LogP contribution in [0, 0.1) is 6.92 Å². The Bertz CT molecular complexity index is 1070. The fraction of sp³-hybridized carbons (Fsp3) is 0.286. The largest absolute Gasteiger partial charge is 0.338 e. The average molecular weight is 461 g/mol. The van der Waals surface area contributed by atoms with Crippen molar-refractivity contribution in [1.29, 1.82) is 0 Å². The third kappa shape index (κ3) is 3.26. The predicted octanol–water partition coefficient (Wildman–Crippen LogP) is 4.54. The lowest BCUT2D eigenvalue weighted by Crippen LogP contribution is -2.39. The van der Waals surface area contributed by atoms with Crippen molar-refractivity contribution in [3.63, 3.8) is 0 Å². The summed E-state index contributed by atoms with van der Waals surface area (Å²) in [6, 6.07) is 12.6. The van der Waals surface area contributed by atoms with Gasteiger partial charge in [-0.15, -0.1) is 0 Å². The summed E-state index contributed by atoms with van der Waals surface area (Å²) in [5.74, 6) is -0.409. The Morgan fingerprint density at radius 2 is 1.75 bits per heavy atom. The Balaban J connectivity index is 1.86. The number of aryl methyl sites for hydroxylation is 1. The summed E-state index contributed by atoms with van der Waals surface area (Å²) in [6.07, 6.45) is 4.37. The van der Waals surface area contributed by atoms with Crippen LogP contribution in [0.15, 0.2) is 62.9 Å². The molecule has 2 aromatic carbocycles. The van der Waals surface area contributed by atoms with Crippen LogP contribution >= 0.6 is 15.9 Å². The van der Waals surface area contributed by atoms with E-state index >= 15 is 0 Å². The van der Waals surface area contributed by atoms with Gasteiger partial charge in [0.15, 0.2) is 4.91 Å². The van der Waals surface area contributed by atoms with Gasteiger partial charge >= 0.3 is 0 Å². The topological polar surface area (TPSA) is 57.7 Å². The molecule has 5 nitrogen and oxygen atoms in total. The van der Waals surface area contributed by atoms with Gasteiger partial charge in [0.1, 0.15) is 0 Å². The maximum atomic E-state index is 13.2. The number of fused-ring (bicyclic) bond motifs is 1. The second-order valence-corrected chi connectivity index (χ2v) is 9.86. The van der Waals surface area contributed by atoms with Crippen LogP contribution in [0.2, 0.25) is 0 Å². The molecule has 28 heavy (non-hydrogen) atoms. The number of amides is 1. The van der Waals surface area contributed by atoms with Crippen molar-refractivity contribution in [2.45, 2.75) is 31.1 Å². The molecular weight excluding hydrogens is 440 g/mol. The number of sulfone groups is 1. The molecule has 1 amide bonds. The Labute approximate surface area is 173 Å². The molecule has 1 fully saturated rings. The molecule has 146 valence electrons. The summed E-state index contributed by atoms with van der Waals surface area (Å²) in [5.41, 5.74) is 2.40. The van der Waals surface area contributed by atoms with E-state index in [-0.39, 0.29) is 9.80 Å². The lowest BCUT2D eigenvalue weighted by Gasteiger charge is -2.32. The van der Waals surface area contributed by atoms with Crippen LogP contribution in [0.1, 0.15) is 24.8 Å². The fourth-order valence-corrected chi connectivity index (χ4v) is 5.46. The lowest BCUT2D eigenvalue weighted by molar-refractivity contribution is -0.127. The van der Waals surface area contributed by atoms with Crippen LogP contribution < -0.4 is 4.90 Å². The molecule has 0 N–H and O–H groups in total. The molecule has 2 heterocycles. The van der Waals surface area contributed by atoms with E-state index < -0.39 is 15.7 Å². The van der Waals surface area contributed by atoms with E-state index in [0.717, 1.165) is 35.0 Å². The highest BCUT2D eigenvalue weighted by Gasteiger charge is 2.37. The SMILES string of the molecule is Cc1cc(N2C=C(C(=O)N3CCCCC3)S(=O)(=O)c3ccccc32)ccc1Br. The second kappa shape index (κ2) is 7.37. The second-order valence-electron chi connectivity index (χ2n) is 7.12. The van der Waals surface area contributed by atoms with E-state index in [1.807, 2.05) is 25.1 Å². The molecule has 4 rings (SSSR count). The normalized spacial score (nSPS) is 18.4. The van der Waals surface area contributed by atoms with Gasteiger partial charge in [0, 0.05) is 29.4 Å². The minimum absolute atomic E-state index is 0.159. The number of nitrogens with zero attached hydrogens (tertiary/aromatic N) is 2. The van der Waals surface area contributed by atoms with Crippen molar-refractivity contribution < 1.29 is 13.2 Å². The third-order valence-electron chi connectivity index (χ3n) is 5.22. The van der Waals surface area contributed by atoms with E-state index in [2.05, 4.69) is 15.9 Å². The molecule has 0 unspecified atom stereocenters. The maximum Gasteiger partial charge on any atom is 0.267 e. The first kappa shape index (κ1) is 19.2. The van der Waals surface area contributed by atoms with E-state index in [9.17, 15) is 13.2 Å². The molecule has 2 aromatic rings. The Hall–Kier alpha value is -2.12. The van der Waals surface area contributed by atoms with E-state index in [1.165, 1.54) is 6.20 Å². The number of rotatable bonds is 2. The molecule has 0 saturated carbocycles. The molecule has 2 aliphatic rings. The number of carbonyl (C=O) groups excluding carboxylic acids is 1. The first-order chi connectivity index (χ1) is 13.4. The molecule has 7 heteroatoms. The monoisotopic (exact) mass is 460 g/mol. The summed E-state index contributed by atoms with van der Waals surface area (Å²) < 4.78 is 27.4. The van der Waals surface area contributed by atoms with Crippen LogP contribution in [-0.2, 0) is 14.6 Å². The number of likely N-dealkylation sites (tertiary alicyclic amines) is 1. The number of anilines is 2. The number of halogens is 1. The number of carbonyl (C=O) groups is 1. The summed E-state index contributed by atoms with van der Waals surface area (Å²) in [4.78, 5) is 16.6. The molecule has 1 saturated heterocycles. The van der Waals surface area contributed by atoms with Crippen LogP contribution in [0.3, 0.4) is 0 Å². The number of piperidine rings is 1. The predicted molar refractivity (Wildman–Crippen MR) is 113 cm³/mol. The lowest BCUT2D eigenvalue weighted by atomic mass is 10.1. The van der Waals surface area contributed by atoms with Crippen LogP contribution in [0.25, 0.3) is 0 Å². The molecule has 0 aliphatic carbocycles. The van der Waals surface area contributed by atoms with Crippen LogP contribution in [0.5, 0.6) is 0 Å². The Kier molecular flexibility index (Phi) is 5.05. The van der Waals surface area contributed by atoms with Gasteiger partial charge in [0.05, 0.1) is 10.6 Å². The van der Waals surface area contributed by atoms with Gasteiger partial charge in [-0.3, -0.25) is 4.79 Å². The van der Waals surface area contributed by atoms with Crippen molar-refractivity contribution in [1.82, 2.24) is 4.90 Å². The average Bonchev–Trinajstić information content (AvgIpc) is 2.71. The maximum absolute atomic E-state index is 13.2. The van der Waals surface area contributed by atoms with Gasteiger partial charge < -0.3 is 9.80 Å². The summed E-state index contributed by atoms with van der Waals surface area (Å²) in [7, 11) is -3.87. The Morgan fingerprint density at radius 1 is 1.04 bits per heavy atom. The molecule has 0 aromatic heterocycles. The molecule has 0 spiro atoms. The minimum Gasteiger partial charge on any atom is -0.338 e. The van der Waals surface area contributed by atoms with E-state index in [0.29, 0.717) is 18.8 Å². The van der Waals surface area contributed by atoms with Crippen molar-refractivity contribution in [2.24, 2.45) is 0 Å². The van der Waals surface area contributed by atoms with Crippen molar-refractivity contribution in [3.8, 4) is 0 Å². The zero-order valence-electron chi connectivity index (χ0n) is 15.6. The summed E-state index contributed by atoms with van der Waals surface area (Å²) in [6.45, 7) is 3.18. The van der Waals surface area contributed by atoms with E-state index in [1.54, 1.807) is 34.1 Å². The van der Waals surface area contributed by atoms with Crippen molar-refractivity contribution >= 4 is 43.0 Å². The number of para-hydroxylation sites is 1. The summed E-state index contributed by atoms with van der Waals surface area (Å²) >= 11 is 3.50. The minimum atomic E-state index is -3.87.